The van der Waals surface area contributed by atoms with E-state index in [4.69, 9.17) is 33.7 Å². The Morgan fingerprint density at radius 2 is 1.82 bits per heavy atom. The van der Waals surface area contributed by atoms with Gasteiger partial charge in [0.05, 0.1) is 28.1 Å². The quantitative estimate of drug-likeness (QED) is 0.931. The second kappa shape index (κ2) is 5.21. The van der Waals surface area contributed by atoms with Gasteiger partial charge in [-0.3, -0.25) is 4.98 Å². The largest absolute Gasteiger partial charge is 0.484 e. The Hall–Kier alpha value is -1.52. The summed E-state index contributed by atoms with van der Waals surface area (Å²) in [6.45, 7) is 0.233. The molecule has 0 aliphatic carbocycles. The van der Waals surface area contributed by atoms with Gasteiger partial charge in [0, 0.05) is 0 Å². The van der Waals surface area contributed by atoms with E-state index >= 15 is 0 Å². The number of hydrogen-bond acceptors (Lipinski definition) is 4. The van der Waals surface area contributed by atoms with Crippen molar-refractivity contribution in [3.05, 3.63) is 46.3 Å². The summed E-state index contributed by atoms with van der Waals surface area (Å²) in [6, 6.07) is 5.16. The van der Waals surface area contributed by atoms with Crippen molar-refractivity contribution < 1.29 is 4.74 Å². The van der Waals surface area contributed by atoms with E-state index in [1.807, 2.05) is 0 Å². The van der Waals surface area contributed by atoms with Gasteiger partial charge in [0.25, 0.3) is 0 Å². The van der Waals surface area contributed by atoms with Gasteiger partial charge in [-0.2, -0.15) is 0 Å². The van der Waals surface area contributed by atoms with Gasteiger partial charge in [-0.05, 0) is 12.1 Å². The molecule has 0 aliphatic heterocycles. The lowest BCUT2D eigenvalue weighted by atomic mass is 10.3. The number of nitrogen functional groups attached to an aromatic ring is 1. The summed E-state index contributed by atoms with van der Waals surface area (Å²) >= 11 is 11.9. The van der Waals surface area contributed by atoms with Crippen molar-refractivity contribution in [2.75, 3.05) is 5.73 Å². The fourth-order valence-corrected chi connectivity index (χ4v) is 1.71. The van der Waals surface area contributed by atoms with Gasteiger partial charge >= 0.3 is 0 Å². The molecule has 0 aliphatic rings. The van der Waals surface area contributed by atoms with Crippen LogP contribution in [0.4, 0.5) is 5.82 Å². The Labute approximate surface area is 108 Å². The molecule has 0 unspecified atom stereocenters. The topological polar surface area (TPSA) is 61.0 Å². The highest BCUT2D eigenvalue weighted by molar-refractivity contribution is 6.37. The van der Waals surface area contributed by atoms with Gasteiger partial charge in [0.2, 0.25) is 0 Å². The van der Waals surface area contributed by atoms with Crippen molar-refractivity contribution >= 4 is 29.0 Å². The number of nitrogens with zero attached hydrogens (tertiary/aromatic N) is 2. The Balaban J connectivity index is 2.10. The fraction of sp³-hybridized carbons (Fsp3) is 0.0909. The first-order chi connectivity index (χ1) is 8.16. The van der Waals surface area contributed by atoms with E-state index in [2.05, 4.69) is 9.97 Å². The minimum Gasteiger partial charge on any atom is -0.484 e. The number of nitrogens with two attached hydrogens (primary N) is 1. The summed E-state index contributed by atoms with van der Waals surface area (Å²) in [6.07, 6.45) is 3.01. The molecule has 0 amide bonds. The molecule has 88 valence electrons. The number of benzene rings is 1. The van der Waals surface area contributed by atoms with E-state index in [0.717, 1.165) is 0 Å². The summed E-state index contributed by atoms with van der Waals surface area (Å²) in [5.41, 5.74) is 6.07. The number of aromatic nitrogens is 2. The summed E-state index contributed by atoms with van der Waals surface area (Å²) in [5, 5.41) is 0.918. The van der Waals surface area contributed by atoms with Gasteiger partial charge in [-0.15, -0.1) is 0 Å². The highest BCUT2D eigenvalue weighted by Gasteiger charge is 2.07. The highest BCUT2D eigenvalue weighted by atomic mass is 35.5. The summed E-state index contributed by atoms with van der Waals surface area (Å²) in [5.74, 6) is 0.805. The molecule has 1 aromatic heterocycles. The molecule has 6 heteroatoms. The van der Waals surface area contributed by atoms with Gasteiger partial charge in [0.1, 0.15) is 12.4 Å². The van der Waals surface area contributed by atoms with Crippen molar-refractivity contribution in [3.8, 4) is 5.75 Å². The summed E-state index contributed by atoms with van der Waals surface area (Å²) < 4.78 is 5.49. The predicted octanol–water partition coefficient (Wildman–Crippen LogP) is 2.94. The predicted molar refractivity (Wildman–Crippen MR) is 67.2 cm³/mol. The Kier molecular flexibility index (Phi) is 3.66. The van der Waals surface area contributed by atoms with E-state index in [0.29, 0.717) is 27.3 Å². The van der Waals surface area contributed by atoms with Crippen LogP contribution in [0.2, 0.25) is 10.0 Å². The molecule has 0 fully saturated rings. The van der Waals surface area contributed by atoms with E-state index in [1.165, 1.54) is 6.20 Å². The van der Waals surface area contributed by atoms with Crippen LogP contribution < -0.4 is 10.5 Å². The maximum absolute atomic E-state index is 5.96. The van der Waals surface area contributed by atoms with Crippen LogP contribution in [0.25, 0.3) is 0 Å². The summed E-state index contributed by atoms with van der Waals surface area (Å²) in [7, 11) is 0. The van der Waals surface area contributed by atoms with E-state index in [-0.39, 0.29) is 6.61 Å². The Morgan fingerprint density at radius 1 is 1.12 bits per heavy atom. The van der Waals surface area contributed by atoms with E-state index in [9.17, 15) is 0 Å². The lowest BCUT2D eigenvalue weighted by molar-refractivity contribution is 0.301. The molecule has 2 aromatic rings. The SMILES string of the molecule is Nc1cnc(COc2c(Cl)cccc2Cl)cn1. The third-order valence-electron chi connectivity index (χ3n) is 2.01. The number of hydrogen-bond donors (Lipinski definition) is 1. The number of anilines is 1. The van der Waals surface area contributed by atoms with Crippen molar-refractivity contribution in [1.82, 2.24) is 9.97 Å². The Bertz CT molecular complexity index is 496. The molecular weight excluding hydrogens is 261 g/mol. The van der Waals surface area contributed by atoms with Gasteiger partial charge in [-0.25, -0.2) is 4.98 Å². The molecule has 1 aromatic carbocycles. The van der Waals surface area contributed by atoms with Crippen LogP contribution >= 0.6 is 23.2 Å². The van der Waals surface area contributed by atoms with E-state index < -0.39 is 0 Å². The molecule has 2 rings (SSSR count). The zero-order valence-electron chi connectivity index (χ0n) is 8.73. The molecule has 0 saturated carbocycles. The second-order valence-corrected chi connectivity index (χ2v) is 4.09. The molecule has 0 spiro atoms. The van der Waals surface area contributed by atoms with Crippen LogP contribution in [0, 0.1) is 0 Å². The fourth-order valence-electron chi connectivity index (χ4n) is 1.21. The average Bonchev–Trinajstić information content (AvgIpc) is 2.31. The zero-order valence-corrected chi connectivity index (χ0v) is 10.2. The zero-order chi connectivity index (χ0) is 12.3. The smallest absolute Gasteiger partial charge is 0.157 e. The van der Waals surface area contributed by atoms with Crippen LogP contribution in [-0.2, 0) is 6.61 Å². The second-order valence-electron chi connectivity index (χ2n) is 3.27. The van der Waals surface area contributed by atoms with Crippen LogP contribution in [0.1, 0.15) is 5.69 Å². The molecule has 2 N–H and O–H groups in total. The molecule has 0 atom stereocenters. The van der Waals surface area contributed by atoms with Crippen LogP contribution in [0.3, 0.4) is 0 Å². The number of para-hydroxylation sites is 1. The lowest BCUT2D eigenvalue weighted by Crippen LogP contribution is -2.01. The van der Waals surface area contributed by atoms with E-state index in [1.54, 1.807) is 24.4 Å². The van der Waals surface area contributed by atoms with Crippen molar-refractivity contribution in [1.29, 1.82) is 0 Å². The van der Waals surface area contributed by atoms with Gasteiger partial charge in [0.15, 0.2) is 5.75 Å². The molecule has 0 bridgehead atoms. The molecular formula is C11H9Cl2N3O. The first-order valence-corrected chi connectivity index (χ1v) is 5.55. The average molecular weight is 270 g/mol. The molecule has 1 heterocycles. The number of rotatable bonds is 3. The molecule has 0 radical (unpaired) electrons. The number of halogens is 2. The normalized spacial score (nSPS) is 10.2. The van der Waals surface area contributed by atoms with Crippen LogP contribution in [0.5, 0.6) is 5.75 Å². The van der Waals surface area contributed by atoms with Crippen LogP contribution in [0.15, 0.2) is 30.6 Å². The number of ether oxygens (including phenoxy) is 1. The third kappa shape index (κ3) is 2.99. The Morgan fingerprint density at radius 3 is 2.41 bits per heavy atom. The third-order valence-corrected chi connectivity index (χ3v) is 2.60. The van der Waals surface area contributed by atoms with Crippen molar-refractivity contribution in [2.24, 2.45) is 0 Å². The lowest BCUT2D eigenvalue weighted by Gasteiger charge is -2.08. The maximum atomic E-state index is 5.96. The van der Waals surface area contributed by atoms with Gasteiger partial charge in [-0.1, -0.05) is 29.3 Å². The monoisotopic (exact) mass is 269 g/mol. The minimum absolute atomic E-state index is 0.233. The minimum atomic E-state index is 0.233. The standard InChI is InChI=1S/C11H9Cl2N3O/c12-8-2-1-3-9(13)11(8)17-6-7-4-16-10(14)5-15-7/h1-5H,6H2,(H2,14,16). The highest BCUT2D eigenvalue weighted by Crippen LogP contribution is 2.32. The van der Waals surface area contributed by atoms with Crippen molar-refractivity contribution in [2.45, 2.75) is 6.61 Å². The molecule has 0 saturated heterocycles. The first kappa shape index (κ1) is 12.0. The van der Waals surface area contributed by atoms with Crippen LogP contribution in [-0.4, -0.2) is 9.97 Å². The first-order valence-electron chi connectivity index (χ1n) is 4.80. The molecule has 17 heavy (non-hydrogen) atoms. The maximum Gasteiger partial charge on any atom is 0.157 e. The van der Waals surface area contributed by atoms with Crippen molar-refractivity contribution in [3.63, 3.8) is 0 Å². The van der Waals surface area contributed by atoms with Gasteiger partial charge < -0.3 is 10.5 Å². The summed E-state index contributed by atoms with van der Waals surface area (Å²) in [4.78, 5) is 7.96. The molecule has 4 nitrogen and oxygen atoms in total.